The first-order valence-electron chi connectivity index (χ1n) is 21.9. The average molecular weight is 879 g/mol. The summed E-state index contributed by atoms with van der Waals surface area (Å²) in [6, 6.07) is 12.2. The van der Waals surface area contributed by atoms with Gasteiger partial charge in [0.2, 0.25) is 11.8 Å². The molecule has 0 radical (unpaired) electrons. The molecule has 17 nitrogen and oxygen atoms in total. The van der Waals surface area contributed by atoms with Crippen molar-refractivity contribution in [3.63, 3.8) is 0 Å². The van der Waals surface area contributed by atoms with E-state index in [2.05, 4.69) is 57.0 Å². The number of hydrogen-bond acceptors (Lipinski definition) is 11. The molecule has 3 aromatic carbocycles. The molecule has 0 aliphatic carbocycles. The lowest BCUT2D eigenvalue weighted by Gasteiger charge is -2.32. The Kier molecular flexibility index (Phi) is 12.8. The third-order valence-electron chi connectivity index (χ3n) is 13.2. The molecule has 5 heterocycles. The predicted octanol–water partition coefficient (Wildman–Crippen LogP) is 6.78. The summed E-state index contributed by atoms with van der Waals surface area (Å²) in [6.45, 7) is 8.98. The fourth-order valence-corrected chi connectivity index (χ4v) is 9.57. The zero-order valence-electron chi connectivity index (χ0n) is 37.7. The van der Waals surface area contributed by atoms with Gasteiger partial charge in [0.05, 0.1) is 55.3 Å². The fraction of sp³-hybridized carbons (Fsp3) is 0.489. The van der Waals surface area contributed by atoms with E-state index in [0.29, 0.717) is 37.8 Å². The van der Waals surface area contributed by atoms with Crippen LogP contribution >= 0.6 is 0 Å². The van der Waals surface area contributed by atoms with E-state index in [1.807, 2.05) is 31.7 Å². The van der Waals surface area contributed by atoms with Gasteiger partial charge in [-0.2, -0.15) is 0 Å². The lowest BCUT2D eigenvalue weighted by molar-refractivity contribution is -0.138. The van der Waals surface area contributed by atoms with E-state index in [1.54, 1.807) is 25.1 Å². The van der Waals surface area contributed by atoms with Gasteiger partial charge in [0.1, 0.15) is 36.1 Å². The van der Waals surface area contributed by atoms with E-state index in [1.165, 1.54) is 21.3 Å². The van der Waals surface area contributed by atoms with Crippen molar-refractivity contribution in [2.75, 3.05) is 41.6 Å². The molecule has 0 spiro atoms. The van der Waals surface area contributed by atoms with Gasteiger partial charge in [-0.15, -0.1) is 0 Å². The number of ether oxygens (including phenoxy) is 5. The van der Waals surface area contributed by atoms with E-state index in [4.69, 9.17) is 33.7 Å². The fourth-order valence-electron chi connectivity index (χ4n) is 9.57. The summed E-state index contributed by atoms with van der Waals surface area (Å²) in [5.74, 6) is 1.71. The van der Waals surface area contributed by atoms with E-state index < -0.39 is 30.4 Å². The first kappa shape index (κ1) is 44.4. The second-order valence-electron chi connectivity index (χ2n) is 17.5. The number of amides is 4. The van der Waals surface area contributed by atoms with Crippen LogP contribution in [0.1, 0.15) is 82.7 Å². The standard InChI is InChI=1S/C47H58N8O9/c1-24(2)39(52-46(58)62-7)45(57)55-25(3)9-14-36(55)43-49-34-13-11-28-19-33-31-12-10-29(18-30(31)23-64-38(33)20-32(28)41(34)51-43)35-21-48-42(50-35)37-17-27(15-16-60-5)22-54(37)44(56)40(26(4)61-6)53-47(59)63-8/h10-13,18-21,24-27,36-37,39-40H,9,14-17,22-23H2,1-8H3,(H,48,50)(H,49,51)(H,52,58)(H,53,59)/t25-,26+,27-,36-,37-,39-,40-/m0/s1. The van der Waals surface area contributed by atoms with Gasteiger partial charge in [-0.05, 0) is 97.7 Å². The predicted molar refractivity (Wildman–Crippen MR) is 238 cm³/mol. The van der Waals surface area contributed by atoms with E-state index >= 15 is 0 Å². The number of hydrogen-bond donors (Lipinski definition) is 4. The van der Waals surface area contributed by atoms with Crippen LogP contribution in [0.25, 0.3) is 44.2 Å². The van der Waals surface area contributed by atoms with Crippen molar-refractivity contribution in [2.45, 2.75) is 96.3 Å². The second-order valence-corrected chi connectivity index (χ2v) is 17.5. The molecule has 64 heavy (non-hydrogen) atoms. The molecule has 3 aliphatic rings. The SMILES string of the molecule is COCC[C@H]1C[C@@H](c2ncc(-c3ccc4c(c3)COc3cc5c(ccc6[nH]c([C@@H]7CC[C@H](C)N7C(=O)[C@@H](NC(=O)OC)C(C)C)nc65)cc3-4)[nH]2)N(C(=O)[C@@H](NC(=O)OC)[C@@H](C)OC)C1. The minimum absolute atomic E-state index is 0.0339. The molecule has 2 saturated heterocycles. The normalized spacial score (nSPS) is 20.7. The molecule has 17 heteroatoms. The molecule has 2 fully saturated rings. The zero-order chi connectivity index (χ0) is 45.4. The summed E-state index contributed by atoms with van der Waals surface area (Å²) >= 11 is 0. The molecular formula is C47H58N8O9. The minimum atomic E-state index is -0.954. The molecule has 340 valence electrons. The molecule has 0 unspecified atom stereocenters. The Morgan fingerprint density at radius 1 is 0.875 bits per heavy atom. The Balaban J connectivity index is 1.05. The molecule has 4 N–H and O–H groups in total. The Morgan fingerprint density at radius 3 is 2.36 bits per heavy atom. The second kappa shape index (κ2) is 18.5. The summed E-state index contributed by atoms with van der Waals surface area (Å²) in [4.78, 5) is 73.1. The van der Waals surface area contributed by atoms with Crippen LogP contribution in [-0.2, 0) is 35.1 Å². The van der Waals surface area contributed by atoms with Crippen molar-refractivity contribution in [1.29, 1.82) is 0 Å². The minimum Gasteiger partial charge on any atom is -0.488 e. The van der Waals surface area contributed by atoms with Gasteiger partial charge in [-0.1, -0.05) is 32.0 Å². The first-order valence-corrected chi connectivity index (χ1v) is 21.9. The Labute approximate surface area is 371 Å². The number of nitrogens with one attached hydrogen (secondary N) is 4. The maximum absolute atomic E-state index is 14.1. The Hall–Kier alpha value is -6.20. The topological polar surface area (TPSA) is 202 Å². The van der Waals surface area contributed by atoms with Crippen molar-refractivity contribution >= 4 is 45.8 Å². The number of benzene rings is 3. The number of nitrogens with zero attached hydrogens (tertiary/aromatic N) is 4. The molecule has 2 aromatic heterocycles. The quantitative estimate of drug-likeness (QED) is 0.0971. The maximum Gasteiger partial charge on any atom is 0.407 e. The number of likely N-dealkylation sites (tertiary alicyclic amines) is 2. The van der Waals surface area contributed by atoms with Gasteiger partial charge in [0.15, 0.2) is 0 Å². The van der Waals surface area contributed by atoms with Crippen molar-refractivity contribution < 1.29 is 42.9 Å². The number of fused-ring (bicyclic) bond motifs is 6. The summed E-state index contributed by atoms with van der Waals surface area (Å²) in [7, 11) is 5.72. The molecule has 0 saturated carbocycles. The number of methoxy groups -OCH3 is 4. The number of alkyl carbamates (subject to hydrolysis) is 2. The number of H-pyrrole nitrogens is 2. The highest BCUT2D eigenvalue weighted by atomic mass is 16.5. The molecule has 8 rings (SSSR count). The monoisotopic (exact) mass is 878 g/mol. The summed E-state index contributed by atoms with van der Waals surface area (Å²) in [5.41, 5.74) is 6.45. The van der Waals surface area contributed by atoms with Crippen LogP contribution in [0, 0.1) is 11.8 Å². The smallest absolute Gasteiger partial charge is 0.407 e. The third kappa shape index (κ3) is 8.45. The largest absolute Gasteiger partial charge is 0.488 e. The van der Waals surface area contributed by atoms with E-state index in [0.717, 1.165) is 74.8 Å². The van der Waals surface area contributed by atoms with Crippen molar-refractivity contribution in [3.8, 4) is 28.1 Å². The Morgan fingerprint density at radius 2 is 1.64 bits per heavy atom. The van der Waals surface area contributed by atoms with Crippen LogP contribution in [-0.4, -0.2) is 120 Å². The number of carbonyl (C=O) groups is 4. The molecule has 4 amide bonds. The zero-order valence-corrected chi connectivity index (χ0v) is 37.7. The molecule has 5 aromatic rings. The van der Waals surface area contributed by atoms with Gasteiger partial charge >= 0.3 is 12.2 Å². The number of carbonyl (C=O) groups excluding carboxylic acids is 4. The van der Waals surface area contributed by atoms with E-state index in [-0.39, 0.29) is 41.8 Å². The number of rotatable bonds is 13. The van der Waals surface area contributed by atoms with Gasteiger partial charge in [0, 0.05) is 44.4 Å². The third-order valence-corrected chi connectivity index (χ3v) is 13.2. The van der Waals surface area contributed by atoms with Crippen LogP contribution in [0.2, 0.25) is 0 Å². The highest BCUT2D eigenvalue weighted by molar-refractivity contribution is 6.07. The highest BCUT2D eigenvalue weighted by Gasteiger charge is 2.43. The number of imidazole rings is 2. The Bertz CT molecular complexity index is 2550. The van der Waals surface area contributed by atoms with Gasteiger partial charge < -0.3 is 54.1 Å². The number of aromatic nitrogens is 4. The van der Waals surface area contributed by atoms with E-state index in [9.17, 15) is 19.2 Å². The van der Waals surface area contributed by atoms with Crippen molar-refractivity contribution in [3.05, 3.63) is 65.9 Å². The van der Waals surface area contributed by atoms with Crippen LogP contribution < -0.4 is 15.4 Å². The van der Waals surface area contributed by atoms with Crippen molar-refractivity contribution in [2.24, 2.45) is 11.8 Å². The lowest BCUT2D eigenvalue weighted by atomic mass is 9.92. The van der Waals surface area contributed by atoms with Crippen LogP contribution in [0.15, 0.2) is 48.7 Å². The maximum atomic E-state index is 14.1. The summed E-state index contributed by atoms with van der Waals surface area (Å²) in [5, 5.41) is 7.34. The molecule has 7 atom stereocenters. The lowest BCUT2D eigenvalue weighted by Crippen LogP contribution is -2.54. The van der Waals surface area contributed by atoms with Gasteiger partial charge in [0.25, 0.3) is 0 Å². The van der Waals surface area contributed by atoms with Crippen LogP contribution in [0.3, 0.4) is 0 Å². The van der Waals surface area contributed by atoms with Crippen LogP contribution in [0.5, 0.6) is 5.75 Å². The van der Waals surface area contributed by atoms with Gasteiger partial charge in [-0.3, -0.25) is 9.59 Å². The molecular weight excluding hydrogens is 821 g/mol. The van der Waals surface area contributed by atoms with Gasteiger partial charge in [-0.25, -0.2) is 19.6 Å². The summed E-state index contributed by atoms with van der Waals surface area (Å²) in [6.07, 6.45) is 2.84. The molecule has 0 bridgehead atoms. The van der Waals surface area contributed by atoms with Crippen molar-refractivity contribution in [1.82, 2.24) is 40.4 Å². The molecule has 3 aliphatic heterocycles. The highest BCUT2D eigenvalue weighted by Crippen LogP contribution is 2.44. The number of aromatic amines is 2. The average Bonchev–Trinajstić information content (AvgIpc) is 4.13. The van der Waals surface area contributed by atoms with Crippen LogP contribution in [0.4, 0.5) is 9.59 Å². The summed E-state index contributed by atoms with van der Waals surface area (Å²) < 4.78 is 27.0. The first-order chi connectivity index (χ1) is 30.8.